The van der Waals surface area contributed by atoms with Gasteiger partial charge in [-0.1, -0.05) is 0 Å². The standard InChI is InChI=1S/C17H25N5OS/c1-13(2)23-17-16(18-5-6-19-17)22-8-4-7-21(9-10-22)11-15-12-24-14(3)20-15/h5-6,12-13H,4,7-11H2,1-3H3. The van der Waals surface area contributed by atoms with Crippen LogP contribution in [-0.2, 0) is 6.54 Å². The molecule has 0 bridgehead atoms. The molecular formula is C17H25N5OS. The van der Waals surface area contributed by atoms with Crippen molar-refractivity contribution in [2.45, 2.75) is 39.8 Å². The first-order valence-corrected chi connectivity index (χ1v) is 9.36. The maximum Gasteiger partial charge on any atom is 0.257 e. The summed E-state index contributed by atoms with van der Waals surface area (Å²) in [4.78, 5) is 18.2. The fourth-order valence-electron chi connectivity index (χ4n) is 2.89. The molecule has 0 atom stereocenters. The van der Waals surface area contributed by atoms with Gasteiger partial charge in [0.05, 0.1) is 16.8 Å². The molecule has 7 heteroatoms. The second-order valence-corrected chi connectivity index (χ2v) is 7.39. The molecule has 0 saturated carbocycles. The first-order valence-electron chi connectivity index (χ1n) is 8.48. The van der Waals surface area contributed by atoms with E-state index in [1.807, 2.05) is 13.8 Å². The highest BCUT2D eigenvalue weighted by Gasteiger charge is 2.20. The number of nitrogens with zero attached hydrogens (tertiary/aromatic N) is 5. The Kier molecular flexibility index (Phi) is 5.63. The summed E-state index contributed by atoms with van der Waals surface area (Å²) in [7, 11) is 0. The summed E-state index contributed by atoms with van der Waals surface area (Å²) in [5, 5.41) is 3.30. The average Bonchev–Trinajstić information content (AvgIpc) is 2.81. The minimum Gasteiger partial charge on any atom is -0.472 e. The molecule has 0 aromatic carbocycles. The quantitative estimate of drug-likeness (QED) is 0.829. The Morgan fingerprint density at radius 3 is 2.75 bits per heavy atom. The summed E-state index contributed by atoms with van der Waals surface area (Å²) in [5.41, 5.74) is 1.18. The number of hydrogen-bond acceptors (Lipinski definition) is 7. The molecule has 0 unspecified atom stereocenters. The van der Waals surface area contributed by atoms with Crippen LogP contribution in [0.2, 0.25) is 0 Å². The van der Waals surface area contributed by atoms with Crippen molar-refractivity contribution in [3.8, 4) is 5.88 Å². The fraction of sp³-hybridized carbons (Fsp3) is 0.588. The molecule has 0 spiro atoms. The number of thiazole rings is 1. The van der Waals surface area contributed by atoms with E-state index in [1.54, 1.807) is 23.7 Å². The number of aryl methyl sites for hydroxylation is 1. The van der Waals surface area contributed by atoms with E-state index >= 15 is 0 Å². The van der Waals surface area contributed by atoms with Gasteiger partial charge < -0.3 is 9.64 Å². The Balaban J connectivity index is 1.65. The minimum absolute atomic E-state index is 0.0943. The maximum atomic E-state index is 5.83. The molecule has 0 radical (unpaired) electrons. The molecule has 6 nitrogen and oxygen atoms in total. The van der Waals surface area contributed by atoms with Crippen molar-refractivity contribution in [1.29, 1.82) is 0 Å². The zero-order valence-corrected chi connectivity index (χ0v) is 15.4. The predicted octanol–water partition coefficient (Wildman–Crippen LogP) is 2.74. The lowest BCUT2D eigenvalue weighted by atomic mass is 10.3. The van der Waals surface area contributed by atoms with Crippen LogP contribution in [0.3, 0.4) is 0 Å². The van der Waals surface area contributed by atoms with Gasteiger partial charge in [-0.15, -0.1) is 11.3 Å². The second kappa shape index (κ2) is 7.90. The van der Waals surface area contributed by atoms with Gasteiger partial charge >= 0.3 is 0 Å². The van der Waals surface area contributed by atoms with E-state index < -0.39 is 0 Å². The molecular weight excluding hydrogens is 322 g/mol. The third-order valence-corrected chi connectivity index (χ3v) is 4.76. The van der Waals surface area contributed by atoms with Gasteiger partial charge in [-0.2, -0.15) is 0 Å². The number of anilines is 1. The Morgan fingerprint density at radius 2 is 2.00 bits per heavy atom. The van der Waals surface area contributed by atoms with Gasteiger partial charge in [0.25, 0.3) is 5.88 Å². The van der Waals surface area contributed by atoms with E-state index in [0.29, 0.717) is 5.88 Å². The van der Waals surface area contributed by atoms with E-state index in [0.717, 1.165) is 50.0 Å². The van der Waals surface area contributed by atoms with E-state index in [2.05, 4.69) is 37.1 Å². The van der Waals surface area contributed by atoms with Gasteiger partial charge in [-0.05, 0) is 27.2 Å². The second-order valence-electron chi connectivity index (χ2n) is 6.33. The van der Waals surface area contributed by atoms with Crippen molar-refractivity contribution in [1.82, 2.24) is 19.9 Å². The molecule has 2 aromatic rings. The normalized spacial score (nSPS) is 16.4. The third-order valence-electron chi connectivity index (χ3n) is 3.93. The van der Waals surface area contributed by atoms with Gasteiger partial charge in [0.15, 0.2) is 5.82 Å². The lowest BCUT2D eigenvalue weighted by molar-refractivity contribution is 0.232. The zero-order chi connectivity index (χ0) is 16.9. The number of ether oxygens (including phenoxy) is 1. The van der Waals surface area contributed by atoms with Gasteiger partial charge in [0.2, 0.25) is 0 Å². The van der Waals surface area contributed by atoms with Crippen LogP contribution in [0.1, 0.15) is 31.0 Å². The Bertz CT molecular complexity index is 660. The summed E-state index contributed by atoms with van der Waals surface area (Å²) in [6, 6.07) is 0. The van der Waals surface area contributed by atoms with Crippen LogP contribution in [0, 0.1) is 6.92 Å². The molecule has 1 saturated heterocycles. The van der Waals surface area contributed by atoms with Gasteiger partial charge in [-0.3, -0.25) is 4.90 Å². The molecule has 3 rings (SSSR count). The van der Waals surface area contributed by atoms with Crippen LogP contribution in [0.15, 0.2) is 17.8 Å². The van der Waals surface area contributed by atoms with Crippen molar-refractivity contribution in [2.75, 3.05) is 31.1 Å². The maximum absolute atomic E-state index is 5.83. The number of aromatic nitrogens is 3. The van der Waals surface area contributed by atoms with Crippen LogP contribution in [0.5, 0.6) is 5.88 Å². The summed E-state index contributed by atoms with van der Waals surface area (Å²) in [6.45, 7) is 11.0. The van der Waals surface area contributed by atoms with Crippen molar-refractivity contribution in [2.24, 2.45) is 0 Å². The summed E-state index contributed by atoms with van der Waals surface area (Å²) in [5.74, 6) is 1.49. The van der Waals surface area contributed by atoms with Gasteiger partial charge in [-0.25, -0.2) is 15.0 Å². The van der Waals surface area contributed by atoms with E-state index in [9.17, 15) is 0 Å². The minimum atomic E-state index is 0.0943. The van der Waals surface area contributed by atoms with E-state index in [-0.39, 0.29) is 6.10 Å². The van der Waals surface area contributed by atoms with Crippen LogP contribution in [-0.4, -0.2) is 52.1 Å². The molecule has 0 amide bonds. The Labute approximate surface area is 147 Å². The largest absolute Gasteiger partial charge is 0.472 e. The van der Waals surface area contributed by atoms with E-state index in [4.69, 9.17) is 4.74 Å². The first-order chi connectivity index (χ1) is 11.6. The molecule has 0 N–H and O–H groups in total. The van der Waals surface area contributed by atoms with Crippen molar-refractivity contribution in [3.63, 3.8) is 0 Å². The zero-order valence-electron chi connectivity index (χ0n) is 14.6. The van der Waals surface area contributed by atoms with Crippen LogP contribution in [0.4, 0.5) is 5.82 Å². The molecule has 0 aliphatic carbocycles. The molecule has 1 fully saturated rings. The summed E-state index contributed by atoms with van der Waals surface area (Å²) >= 11 is 1.72. The third kappa shape index (κ3) is 4.42. The SMILES string of the molecule is Cc1nc(CN2CCCN(c3nccnc3OC(C)C)CC2)cs1. The van der Waals surface area contributed by atoms with E-state index in [1.165, 1.54) is 5.69 Å². The highest BCUT2D eigenvalue weighted by Crippen LogP contribution is 2.25. The Morgan fingerprint density at radius 1 is 1.17 bits per heavy atom. The van der Waals surface area contributed by atoms with Crippen molar-refractivity contribution < 1.29 is 4.74 Å². The molecule has 130 valence electrons. The predicted molar refractivity (Wildman–Crippen MR) is 96.8 cm³/mol. The highest BCUT2D eigenvalue weighted by atomic mass is 32.1. The molecule has 3 heterocycles. The summed E-state index contributed by atoms with van der Waals surface area (Å²) in [6.07, 6.45) is 4.62. The van der Waals surface area contributed by atoms with Crippen LogP contribution >= 0.6 is 11.3 Å². The number of rotatable bonds is 5. The molecule has 1 aliphatic rings. The molecule has 1 aliphatic heterocycles. The fourth-order valence-corrected chi connectivity index (χ4v) is 3.50. The highest BCUT2D eigenvalue weighted by molar-refractivity contribution is 7.09. The Hall–Kier alpha value is -1.73. The first kappa shape index (κ1) is 17.1. The van der Waals surface area contributed by atoms with Crippen molar-refractivity contribution in [3.05, 3.63) is 28.5 Å². The number of hydrogen-bond donors (Lipinski definition) is 0. The monoisotopic (exact) mass is 347 g/mol. The van der Waals surface area contributed by atoms with Crippen molar-refractivity contribution >= 4 is 17.2 Å². The van der Waals surface area contributed by atoms with Gasteiger partial charge in [0.1, 0.15) is 0 Å². The summed E-state index contributed by atoms with van der Waals surface area (Å²) < 4.78 is 5.83. The topological polar surface area (TPSA) is 54.4 Å². The lowest BCUT2D eigenvalue weighted by Crippen LogP contribution is -2.31. The lowest BCUT2D eigenvalue weighted by Gasteiger charge is -2.24. The molecule has 24 heavy (non-hydrogen) atoms. The smallest absolute Gasteiger partial charge is 0.257 e. The van der Waals surface area contributed by atoms with Crippen LogP contribution in [0.25, 0.3) is 0 Å². The van der Waals surface area contributed by atoms with Gasteiger partial charge in [0, 0.05) is 50.5 Å². The molecule has 2 aromatic heterocycles. The average molecular weight is 347 g/mol. The van der Waals surface area contributed by atoms with Crippen LogP contribution < -0.4 is 9.64 Å².